The monoisotopic (exact) mass is 250 g/mol. The molecule has 0 aliphatic heterocycles. The zero-order valence-corrected chi connectivity index (χ0v) is 9.76. The van der Waals surface area contributed by atoms with Crippen LogP contribution in [0.1, 0.15) is 4.88 Å². The fourth-order valence-corrected chi connectivity index (χ4v) is 2.08. The van der Waals surface area contributed by atoms with Crippen molar-refractivity contribution in [3.8, 4) is 0 Å². The Kier molecular flexibility index (Phi) is 3.39. The Morgan fingerprint density at radius 2 is 2.24 bits per heavy atom. The Morgan fingerprint density at radius 3 is 2.88 bits per heavy atom. The standard InChI is InChI=1S/C12H11FN2OS/c13-10-6-8(3-4-11(10)14)15-12(16)7-9-2-1-5-17-9/h1-6H,7,14H2,(H,15,16). The molecule has 17 heavy (non-hydrogen) atoms. The van der Waals surface area contributed by atoms with Gasteiger partial charge in [0.2, 0.25) is 5.91 Å². The van der Waals surface area contributed by atoms with E-state index in [1.165, 1.54) is 23.5 Å². The lowest BCUT2D eigenvalue weighted by molar-refractivity contribution is -0.115. The Morgan fingerprint density at radius 1 is 1.41 bits per heavy atom. The van der Waals surface area contributed by atoms with Crippen LogP contribution in [0.5, 0.6) is 0 Å². The molecular formula is C12H11FN2OS. The highest BCUT2D eigenvalue weighted by molar-refractivity contribution is 7.10. The predicted molar refractivity (Wildman–Crippen MR) is 67.5 cm³/mol. The van der Waals surface area contributed by atoms with Gasteiger partial charge in [0, 0.05) is 10.6 Å². The van der Waals surface area contributed by atoms with Crippen LogP contribution in [0.15, 0.2) is 35.7 Å². The van der Waals surface area contributed by atoms with Crippen molar-refractivity contribution in [3.05, 3.63) is 46.4 Å². The zero-order valence-electron chi connectivity index (χ0n) is 8.94. The van der Waals surface area contributed by atoms with Crippen LogP contribution in [0.2, 0.25) is 0 Å². The van der Waals surface area contributed by atoms with Crippen LogP contribution in [-0.4, -0.2) is 5.91 Å². The largest absolute Gasteiger partial charge is 0.396 e. The topological polar surface area (TPSA) is 55.1 Å². The lowest BCUT2D eigenvalue weighted by Crippen LogP contribution is -2.13. The molecule has 1 heterocycles. The third-order valence-corrected chi connectivity index (χ3v) is 3.08. The maximum absolute atomic E-state index is 13.1. The fraction of sp³-hybridized carbons (Fsp3) is 0.0833. The predicted octanol–water partition coefficient (Wildman–Crippen LogP) is 2.65. The summed E-state index contributed by atoms with van der Waals surface area (Å²) in [6, 6.07) is 7.98. The summed E-state index contributed by atoms with van der Waals surface area (Å²) in [5.74, 6) is -0.699. The van der Waals surface area contributed by atoms with Crippen LogP contribution in [0.3, 0.4) is 0 Å². The van der Waals surface area contributed by atoms with E-state index >= 15 is 0 Å². The van der Waals surface area contributed by atoms with Gasteiger partial charge in [0.15, 0.2) is 0 Å². The van der Waals surface area contributed by atoms with E-state index in [-0.39, 0.29) is 11.6 Å². The molecule has 3 N–H and O–H groups in total. The smallest absolute Gasteiger partial charge is 0.229 e. The summed E-state index contributed by atoms with van der Waals surface area (Å²) in [5.41, 5.74) is 5.83. The van der Waals surface area contributed by atoms with Crippen molar-refractivity contribution >= 4 is 28.6 Å². The summed E-state index contributed by atoms with van der Waals surface area (Å²) < 4.78 is 13.1. The molecule has 2 aromatic rings. The molecule has 88 valence electrons. The molecular weight excluding hydrogens is 239 g/mol. The van der Waals surface area contributed by atoms with Crippen molar-refractivity contribution < 1.29 is 9.18 Å². The summed E-state index contributed by atoms with van der Waals surface area (Å²) in [6.45, 7) is 0. The number of carbonyl (C=O) groups excluding carboxylic acids is 1. The van der Waals surface area contributed by atoms with Gasteiger partial charge in [-0.1, -0.05) is 6.07 Å². The van der Waals surface area contributed by atoms with Gasteiger partial charge < -0.3 is 11.1 Å². The molecule has 5 heteroatoms. The number of benzene rings is 1. The van der Waals surface area contributed by atoms with Crippen molar-refractivity contribution in [1.29, 1.82) is 0 Å². The van der Waals surface area contributed by atoms with Crippen molar-refractivity contribution in [3.63, 3.8) is 0 Å². The van der Waals surface area contributed by atoms with Crippen molar-refractivity contribution in [2.45, 2.75) is 6.42 Å². The van der Waals surface area contributed by atoms with Crippen LogP contribution < -0.4 is 11.1 Å². The fourth-order valence-electron chi connectivity index (χ4n) is 1.38. The lowest BCUT2D eigenvalue weighted by atomic mass is 10.2. The molecule has 1 aromatic heterocycles. The minimum Gasteiger partial charge on any atom is -0.396 e. The second-order valence-electron chi connectivity index (χ2n) is 3.54. The first-order valence-electron chi connectivity index (χ1n) is 5.02. The third-order valence-electron chi connectivity index (χ3n) is 2.20. The second kappa shape index (κ2) is 4.97. The molecule has 0 aliphatic rings. The van der Waals surface area contributed by atoms with Crippen LogP contribution in [0.25, 0.3) is 0 Å². The van der Waals surface area contributed by atoms with Crippen molar-refractivity contribution in [1.82, 2.24) is 0 Å². The van der Waals surface area contributed by atoms with Gasteiger partial charge in [0.1, 0.15) is 5.82 Å². The van der Waals surface area contributed by atoms with E-state index in [9.17, 15) is 9.18 Å². The van der Waals surface area contributed by atoms with Crippen LogP contribution in [0.4, 0.5) is 15.8 Å². The maximum Gasteiger partial charge on any atom is 0.229 e. The minimum atomic E-state index is -0.529. The molecule has 1 aromatic carbocycles. The average molecular weight is 250 g/mol. The molecule has 1 amide bonds. The number of hydrogen-bond donors (Lipinski definition) is 2. The quantitative estimate of drug-likeness (QED) is 0.823. The van der Waals surface area contributed by atoms with Crippen molar-refractivity contribution in [2.75, 3.05) is 11.1 Å². The van der Waals surface area contributed by atoms with Gasteiger partial charge in [-0.3, -0.25) is 4.79 Å². The summed E-state index contributed by atoms with van der Waals surface area (Å²) in [4.78, 5) is 12.6. The number of carbonyl (C=O) groups is 1. The number of nitrogens with one attached hydrogen (secondary N) is 1. The minimum absolute atomic E-state index is 0.0706. The summed E-state index contributed by atoms with van der Waals surface area (Å²) in [7, 11) is 0. The van der Waals surface area contributed by atoms with Gasteiger partial charge in [-0.05, 0) is 29.6 Å². The van der Waals surface area contributed by atoms with Crippen molar-refractivity contribution in [2.24, 2.45) is 0 Å². The Balaban J connectivity index is 2.00. The van der Waals surface area contributed by atoms with Gasteiger partial charge in [-0.25, -0.2) is 4.39 Å². The van der Waals surface area contributed by atoms with Crippen LogP contribution in [-0.2, 0) is 11.2 Å². The molecule has 0 unspecified atom stereocenters. The molecule has 0 saturated carbocycles. The highest BCUT2D eigenvalue weighted by atomic mass is 32.1. The van der Waals surface area contributed by atoms with Gasteiger partial charge in [0.25, 0.3) is 0 Å². The normalized spacial score (nSPS) is 10.2. The molecule has 3 nitrogen and oxygen atoms in total. The van der Waals surface area contributed by atoms with E-state index in [2.05, 4.69) is 5.32 Å². The Labute approximate surface area is 102 Å². The number of amides is 1. The number of anilines is 2. The average Bonchev–Trinajstić information content (AvgIpc) is 2.76. The van der Waals surface area contributed by atoms with Gasteiger partial charge in [0.05, 0.1) is 12.1 Å². The van der Waals surface area contributed by atoms with Gasteiger partial charge >= 0.3 is 0 Å². The molecule has 0 saturated heterocycles. The lowest BCUT2D eigenvalue weighted by Gasteiger charge is -2.05. The van der Waals surface area contributed by atoms with Crippen LogP contribution >= 0.6 is 11.3 Å². The summed E-state index contributed by atoms with van der Waals surface area (Å²) in [6.07, 6.45) is 0.295. The first-order valence-corrected chi connectivity index (χ1v) is 5.90. The number of hydrogen-bond acceptors (Lipinski definition) is 3. The maximum atomic E-state index is 13.1. The second-order valence-corrected chi connectivity index (χ2v) is 4.57. The van der Waals surface area contributed by atoms with Gasteiger partial charge in [-0.15, -0.1) is 11.3 Å². The van der Waals surface area contributed by atoms with E-state index in [0.717, 1.165) is 4.88 Å². The molecule has 0 bridgehead atoms. The van der Waals surface area contributed by atoms with Crippen LogP contribution in [0, 0.1) is 5.82 Å². The van der Waals surface area contributed by atoms with E-state index in [1.54, 1.807) is 6.07 Å². The Hall–Kier alpha value is -1.88. The molecule has 0 atom stereocenters. The number of thiophene rings is 1. The van der Waals surface area contributed by atoms with E-state index in [4.69, 9.17) is 5.73 Å². The van der Waals surface area contributed by atoms with E-state index in [0.29, 0.717) is 12.1 Å². The Bertz CT molecular complexity index is 525. The molecule has 0 spiro atoms. The first kappa shape index (κ1) is 11.6. The van der Waals surface area contributed by atoms with E-state index in [1.807, 2.05) is 17.5 Å². The zero-order chi connectivity index (χ0) is 12.3. The summed E-state index contributed by atoms with van der Waals surface area (Å²) >= 11 is 1.51. The number of halogens is 1. The molecule has 2 rings (SSSR count). The van der Waals surface area contributed by atoms with E-state index < -0.39 is 5.82 Å². The SMILES string of the molecule is Nc1ccc(NC(=O)Cc2cccs2)cc1F. The highest BCUT2D eigenvalue weighted by Gasteiger charge is 2.06. The van der Waals surface area contributed by atoms with Gasteiger partial charge in [-0.2, -0.15) is 0 Å². The number of rotatable bonds is 3. The molecule has 0 aliphatic carbocycles. The first-order chi connectivity index (χ1) is 8.15. The highest BCUT2D eigenvalue weighted by Crippen LogP contribution is 2.16. The molecule has 0 radical (unpaired) electrons. The number of nitrogen functional groups attached to an aromatic ring is 1. The third kappa shape index (κ3) is 3.04. The summed E-state index contributed by atoms with van der Waals surface area (Å²) in [5, 5.41) is 4.53. The number of nitrogens with two attached hydrogens (primary N) is 1. The molecule has 0 fully saturated rings.